The summed E-state index contributed by atoms with van der Waals surface area (Å²) in [5, 5.41) is 0. The van der Waals surface area contributed by atoms with Gasteiger partial charge in [-0.25, -0.2) is 0 Å². The van der Waals surface area contributed by atoms with Gasteiger partial charge in [-0.05, 0) is 62.4 Å². The first-order chi connectivity index (χ1) is 9.28. The second-order valence-electron chi connectivity index (χ2n) is 5.92. The summed E-state index contributed by atoms with van der Waals surface area (Å²) in [6.45, 7) is 6.06. The molecule has 1 atom stereocenters. The highest BCUT2D eigenvalue weighted by Gasteiger charge is 2.15. The van der Waals surface area contributed by atoms with Crippen LogP contribution < -0.4 is 5.73 Å². The van der Waals surface area contributed by atoms with E-state index in [0.717, 1.165) is 18.0 Å². The van der Waals surface area contributed by atoms with Crippen LogP contribution in [-0.2, 0) is 6.42 Å². The summed E-state index contributed by atoms with van der Waals surface area (Å²) in [7, 11) is 0. The molecule has 1 aliphatic rings. The van der Waals surface area contributed by atoms with Gasteiger partial charge in [0.25, 0.3) is 0 Å². The molecule has 1 unspecified atom stereocenters. The second-order valence-corrected chi connectivity index (χ2v) is 5.92. The lowest BCUT2D eigenvalue weighted by Crippen LogP contribution is -2.27. The SMILES string of the molecule is CCCC1CCCN(CCc2cccc(N)c2)CC1. The first-order valence-corrected chi connectivity index (χ1v) is 7.84. The number of rotatable bonds is 5. The lowest BCUT2D eigenvalue weighted by molar-refractivity contribution is 0.283. The minimum absolute atomic E-state index is 0.886. The normalized spacial score (nSPS) is 21.2. The molecule has 0 radical (unpaired) electrons. The topological polar surface area (TPSA) is 29.3 Å². The van der Waals surface area contributed by atoms with Crippen LogP contribution in [-0.4, -0.2) is 24.5 Å². The number of nitrogens with two attached hydrogens (primary N) is 1. The molecule has 1 fully saturated rings. The summed E-state index contributed by atoms with van der Waals surface area (Å²) >= 11 is 0. The van der Waals surface area contributed by atoms with Gasteiger partial charge in [-0.3, -0.25) is 0 Å². The first-order valence-electron chi connectivity index (χ1n) is 7.84. The smallest absolute Gasteiger partial charge is 0.0316 e. The number of nitrogens with zero attached hydrogens (tertiary/aromatic N) is 1. The van der Waals surface area contributed by atoms with E-state index in [2.05, 4.69) is 30.0 Å². The van der Waals surface area contributed by atoms with Crippen molar-refractivity contribution in [2.75, 3.05) is 25.4 Å². The zero-order valence-electron chi connectivity index (χ0n) is 12.3. The zero-order chi connectivity index (χ0) is 13.5. The Labute approximate surface area is 118 Å². The minimum Gasteiger partial charge on any atom is -0.399 e. The van der Waals surface area contributed by atoms with Gasteiger partial charge in [0.05, 0.1) is 0 Å². The standard InChI is InChI=1S/C17H28N2/c1-2-5-15-7-4-11-19(12-9-15)13-10-16-6-3-8-17(18)14-16/h3,6,8,14-15H,2,4-5,7,9-13,18H2,1H3. The molecule has 2 nitrogen and oxygen atoms in total. The summed E-state index contributed by atoms with van der Waals surface area (Å²) in [6.07, 6.45) is 8.09. The van der Waals surface area contributed by atoms with Crippen molar-refractivity contribution in [3.05, 3.63) is 29.8 Å². The molecule has 2 N–H and O–H groups in total. The van der Waals surface area contributed by atoms with Crippen LogP contribution >= 0.6 is 0 Å². The number of anilines is 1. The predicted octanol–water partition coefficient (Wildman–Crippen LogP) is 3.71. The fourth-order valence-corrected chi connectivity index (χ4v) is 3.18. The van der Waals surface area contributed by atoms with Gasteiger partial charge in [0, 0.05) is 12.2 Å². The highest BCUT2D eigenvalue weighted by molar-refractivity contribution is 5.40. The van der Waals surface area contributed by atoms with Crippen LogP contribution in [0.1, 0.15) is 44.6 Å². The third kappa shape index (κ3) is 4.87. The molecule has 0 aromatic heterocycles. The molecule has 1 aliphatic heterocycles. The summed E-state index contributed by atoms with van der Waals surface area (Å²) in [5.74, 6) is 0.974. The van der Waals surface area contributed by atoms with Crippen molar-refractivity contribution in [3.8, 4) is 0 Å². The van der Waals surface area contributed by atoms with Crippen LogP contribution in [0.2, 0.25) is 0 Å². The van der Waals surface area contributed by atoms with E-state index in [9.17, 15) is 0 Å². The van der Waals surface area contributed by atoms with Gasteiger partial charge in [0.2, 0.25) is 0 Å². The molecule has 106 valence electrons. The van der Waals surface area contributed by atoms with Crippen molar-refractivity contribution >= 4 is 5.69 Å². The van der Waals surface area contributed by atoms with E-state index in [1.54, 1.807) is 0 Å². The number of benzene rings is 1. The van der Waals surface area contributed by atoms with Crippen LogP contribution in [0.4, 0.5) is 5.69 Å². The minimum atomic E-state index is 0.886. The highest BCUT2D eigenvalue weighted by atomic mass is 15.1. The number of likely N-dealkylation sites (tertiary alicyclic amines) is 1. The maximum Gasteiger partial charge on any atom is 0.0316 e. The van der Waals surface area contributed by atoms with E-state index in [1.807, 2.05) is 6.07 Å². The molecule has 1 saturated heterocycles. The third-order valence-electron chi connectivity index (χ3n) is 4.30. The molecule has 2 heteroatoms. The van der Waals surface area contributed by atoms with Gasteiger partial charge in [-0.1, -0.05) is 31.9 Å². The lowest BCUT2D eigenvalue weighted by Gasteiger charge is -2.20. The van der Waals surface area contributed by atoms with Crippen LogP contribution in [0, 0.1) is 5.92 Å². The quantitative estimate of drug-likeness (QED) is 0.818. The van der Waals surface area contributed by atoms with E-state index >= 15 is 0 Å². The third-order valence-corrected chi connectivity index (χ3v) is 4.30. The first kappa shape index (κ1) is 14.4. The molecule has 0 bridgehead atoms. The summed E-state index contributed by atoms with van der Waals surface area (Å²) in [4.78, 5) is 2.64. The molecule has 1 aromatic carbocycles. The Bertz CT molecular complexity index is 375. The summed E-state index contributed by atoms with van der Waals surface area (Å²) in [6, 6.07) is 8.32. The molecule has 0 amide bonds. The van der Waals surface area contributed by atoms with Crippen molar-refractivity contribution in [2.24, 2.45) is 5.92 Å². The molecule has 0 spiro atoms. The van der Waals surface area contributed by atoms with Crippen LogP contribution in [0.25, 0.3) is 0 Å². The Kier molecular flexibility index (Phi) is 5.71. The Hall–Kier alpha value is -1.02. The van der Waals surface area contributed by atoms with Gasteiger partial charge in [-0.2, -0.15) is 0 Å². The van der Waals surface area contributed by atoms with Crippen LogP contribution in [0.15, 0.2) is 24.3 Å². The van der Waals surface area contributed by atoms with Crippen molar-refractivity contribution < 1.29 is 0 Å². The van der Waals surface area contributed by atoms with E-state index in [1.165, 1.54) is 57.3 Å². The fourth-order valence-electron chi connectivity index (χ4n) is 3.18. The molecular formula is C17H28N2. The van der Waals surface area contributed by atoms with Crippen LogP contribution in [0.5, 0.6) is 0 Å². The van der Waals surface area contributed by atoms with Crippen molar-refractivity contribution in [1.29, 1.82) is 0 Å². The second kappa shape index (κ2) is 7.54. The number of hydrogen-bond acceptors (Lipinski definition) is 2. The molecule has 2 rings (SSSR count). The fraction of sp³-hybridized carbons (Fsp3) is 0.647. The molecule has 0 saturated carbocycles. The molecule has 19 heavy (non-hydrogen) atoms. The molecule has 1 aromatic rings. The molecule has 1 heterocycles. The van der Waals surface area contributed by atoms with Crippen molar-refractivity contribution in [3.63, 3.8) is 0 Å². The van der Waals surface area contributed by atoms with E-state index in [4.69, 9.17) is 5.73 Å². The Morgan fingerprint density at radius 1 is 1.26 bits per heavy atom. The highest BCUT2D eigenvalue weighted by Crippen LogP contribution is 2.22. The van der Waals surface area contributed by atoms with Gasteiger partial charge >= 0.3 is 0 Å². The Morgan fingerprint density at radius 3 is 2.95 bits per heavy atom. The molecule has 0 aliphatic carbocycles. The average Bonchev–Trinajstić information content (AvgIpc) is 2.63. The van der Waals surface area contributed by atoms with Gasteiger partial charge in [-0.15, -0.1) is 0 Å². The monoisotopic (exact) mass is 260 g/mol. The average molecular weight is 260 g/mol. The number of hydrogen-bond donors (Lipinski definition) is 1. The largest absolute Gasteiger partial charge is 0.399 e. The zero-order valence-corrected chi connectivity index (χ0v) is 12.3. The number of nitrogen functional groups attached to an aromatic ring is 1. The predicted molar refractivity (Wildman–Crippen MR) is 83.2 cm³/mol. The van der Waals surface area contributed by atoms with Crippen molar-refractivity contribution in [2.45, 2.75) is 45.4 Å². The summed E-state index contributed by atoms with van der Waals surface area (Å²) in [5.41, 5.74) is 8.09. The van der Waals surface area contributed by atoms with E-state index in [-0.39, 0.29) is 0 Å². The van der Waals surface area contributed by atoms with Crippen molar-refractivity contribution in [1.82, 2.24) is 4.90 Å². The van der Waals surface area contributed by atoms with Gasteiger partial charge in [0.1, 0.15) is 0 Å². The van der Waals surface area contributed by atoms with E-state index in [0.29, 0.717) is 0 Å². The maximum atomic E-state index is 5.83. The Balaban J connectivity index is 1.77. The van der Waals surface area contributed by atoms with E-state index < -0.39 is 0 Å². The van der Waals surface area contributed by atoms with Gasteiger partial charge in [0.15, 0.2) is 0 Å². The maximum absolute atomic E-state index is 5.83. The van der Waals surface area contributed by atoms with Gasteiger partial charge < -0.3 is 10.6 Å². The van der Waals surface area contributed by atoms with Crippen LogP contribution in [0.3, 0.4) is 0 Å². The lowest BCUT2D eigenvalue weighted by atomic mass is 9.96. The Morgan fingerprint density at radius 2 is 2.16 bits per heavy atom. The molecular weight excluding hydrogens is 232 g/mol. The summed E-state index contributed by atoms with van der Waals surface area (Å²) < 4.78 is 0.